The Hall–Kier alpha value is -2.04. The quantitative estimate of drug-likeness (QED) is 0.585. The van der Waals surface area contributed by atoms with Crippen LogP contribution in [0.4, 0.5) is 0 Å². The summed E-state index contributed by atoms with van der Waals surface area (Å²) in [6.45, 7) is 4.19. The lowest BCUT2D eigenvalue weighted by atomic mass is 9.69. The second-order valence-electron chi connectivity index (χ2n) is 4.82. The van der Waals surface area contributed by atoms with Crippen molar-refractivity contribution in [1.29, 1.82) is 0 Å². The molecule has 94 valence electrons. The number of Topliss-reactive ketones (excluding diaryl/α,β-unsaturated/α-hetero) is 4. The van der Waals surface area contributed by atoms with Gasteiger partial charge in [-0.05, 0) is 26.3 Å². The number of furan rings is 1. The highest BCUT2D eigenvalue weighted by molar-refractivity contribution is 6.53. The van der Waals surface area contributed by atoms with E-state index in [1.54, 1.807) is 6.92 Å². The maximum absolute atomic E-state index is 12.2. The van der Waals surface area contributed by atoms with Gasteiger partial charge < -0.3 is 4.42 Å². The van der Waals surface area contributed by atoms with Crippen LogP contribution in [0.2, 0.25) is 0 Å². The molecule has 0 bridgehead atoms. The molecule has 1 aliphatic carbocycles. The van der Waals surface area contributed by atoms with E-state index in [1.807, 2.05) is 0 Å². The van der Waals surface area contributed by atoms with E-state index in [9.17, 15) is 19.2 Å². The van der Waals surface area contributed by atoms with Crippen molar-refractivity contribution >= 4 is 23.1 Å². The fraction of sp³-hybridized carbons (Fsp3) is 0.385. The van der Waals surface area contributed by atoms with Crippen LogP contribution in [-0.2, 0) is 9.59 Å². The molecule has 0 aromatic carbocycles. The van der Waals surface area contributed by atoms with Gasteiger partial charge in [-0.2, -0.15) is 0 Å². The SMILES string of the molecule is CC(=O)CC1(C)C(=O)C(=O)c2c(C)coc2C1=O. The van der Waals surface area contributed by atoms with Crippen molar-refractivity contribution < 1.29 is 23.6 Å². The summed E-state index contributed by atoms with van der Waals surface area (Å²) in [6.07, 6.45) is 0.989. The van der Waals surface area contributed by atoms with E-state index in [1.165, 1.54) is 20.1 Å². The zero-order valence-corrected chi connectivity index (χ0v) is 10.3. The maximum atomic E-state index is 12.2. The maximum Gasteiger partial charge on any atom is 0.233 e. The van der Waals surface area contributed by atoms with Crippen LogP contribution in [0.1, 0.15) is 46.7 Å². The largest absolute Gasteiger partial charge is 0.460 e. The summed E-state index contributed by atoms with van der Waals surface area (Å²) >= 11 is 0. The van der Waals surface area contributed by atoms with Crippen molar-refractivity contribution in [3.63, 3.8) is 0 Å². The number of ketones is 4. The Morgan fingerprint density at radius 1 is 1.28 bits per heavy atom. The van der Waals surface area contributed by atoms with Crippen LogP contribution < -0.4 is 0 Å². The highest BCUT2D eigenvalue weighted by atomic mass is 16.3. The van der Waals surface area contributed by atoms with E-state index in [0.29, 0.717) is 5.56 Å². The molecule has 0 radical (unpaired) electrons. The van der Waals surface area contributed by atoms with Gasteiger partial charge in [-0.25, -0.2) is 0 Å². The smallest absolute Gasteiger partial charge is 0.233 e. The van der Waals surface area contributed by atoms with E-state index >= 15 is 0 Å². The van der Waals surface area contributed by atoms with E-state index < -0.39 is 22.8 Å². The fourth-order valence-electron chi connectivity index (χ4n) is 2.27. The molecule has 1 aromatic rings. The fourth-order valence-corrected chi connectivity index (χ4v) is 2.27. The molecule has 0 spiro atoms. The van der Waals surface area contributed by atoms with Gasteiger partial charge in [0.05, 0.1) is 11.8 Å². The summed E-state index contributed by atoms with van der Waals surface area (Å²) in [5.74, 6) is -2.61. The Morgan fingerprint density at radius 3 is 2.44 bits per heavy atom. The van der Waals surface area contributed by atoms with Crippen LogP contribution in [-0.4, -0.2) is 23.1 Å². The number of aryl methyl sites for hydroxylation is 1. The highest BCUT2D eigenvalue weighted by Crippen LogP contribution is 2.37. The third kappa shape index (κ3) is 1.47. The molecule has 0 saturated heterocycles. The second-order valence-corrected chi connectivity index (χ2v) is 4.82. The van der Waals surface area contributed by atoms with Crippen molar-refractivity contribution in [2.75, 3.05) is 0 Å². The molecule has 0 N–H and O–H groups in total. The highest BCUT2D eigenvalue weighted by Gasteiger charge is 2.52. The average Bonchev–Trinajstić information content (AvgIpc) is 2.65. The molecule has 0 saturated carbocycles. The number of fused-ring (bicyclic) bond motifs is 1. The molecule has 1 heterocycles. The molecule has 5 nitrogen and oxygen atoms in total. The van der Waals surface area contributed by atoms with Gasteiger partial charge in [0.15, 0.2) is 5.76 Å². The Balaban J connectivity index is 2.63. The summed E-state index contributed by atoms with van der Waals surface area (Å²) in [5.41, 5.74) is -1.13. The van der Waals surface area contributed by atoms with E-state index in [2.05, 4.69) is 0 Å². The predicted octanol–water partition coefficient (Wildman–Crippen LogP) is 1.52. The van der Waals surface area contributed by atoms with Crippen molar-refractivity contribution in [2.45, 2.75) is 27.2 Å². The summed E-state index contributed by atoms with van der Waals surface area (Å²) in [7, 11) is 0. The molecular formula is C13H12O5. The number of hydrogen-bond donors (Lipinski definition) is 0. The lowest BCUT2D eigenvalue weighted by Gasteiger charge is -2.27. The van der Waals surface area contributed by atoms with Gasteiger partial charge in [-0.1, -0.05) is 0 Å². The molecular weight excluding hydrogens is 236 g/mol. The van der Waals surface area contributed by atoms with Crippen LogP contribution >= 0.6 is 0 Å². The number of hydrogen-bond acceptors (Lipinski definition) is 5. The normalized spacial score (nSPS) is 23.2. The standard InChI is InChI=1S/C13H12O5/c1-6-5-18-10-8(6)9(15)11(16)13(3,12(10)17)4-7(2)14/h5H,4H2,1-3H3. The average molecular weight is 248 g/mol. The van der Waals surface area contributed by atoms with Gasteiger partial charge in [-0.15, -0.1) is 0 Å². The molecule has 1 aliphatic rings. The van der Waals surface area contributed by atoms with Crippen molar-refractivity contribution in [3.8, 4) is 0 Å². The van der Waals surface area contributed by atoms with Gasteiger partial charge in [-0.3, -0.25) is 19.2 Å². The monoisotopic (exact) mass is 248 g/mol. The molecule has 18 heavy (non-hydrogen) atoms. The molecule has 0 fully saturated rings. The van der Waals surface area contributed by atoms with Crippen molar-refractivity contribution in [2.24, 2.45) is 5.41 Å². The molecule has 1 aromatic heterocycles. The summed E-state index contributed by atoms with van der Waals surface area (Å²) < 4.78 is 5.06. The molecule has 1 unspecified atom stereocenters. The van der Waals surface area contributed by atoms with Crippen LogP contribution in [0.15, 0.2) is 10.7 Å². The minimum Gasteiger partial charge on any atom is -0.460 e. The van der Waals surface area contributed by atoms with E-state index in [-0.39, 0.29) is 23.5 Å². The Kier molecular flexibility index (Phi) is 2.57. The van der Waals surface area contributed by atoms with Gasteiger partial charge in [0, 0.05) is 6.42 Å². The zero-order chi connectivity index (χ0) is 13.7. The summed E-state index contributed by atoms with van der Waals surface area (Å²) in [6, 6.07) is 0. The Bertz CT molecular complexity index is 593. The van der Waals surface area contributed by atoms with Gasteiger partial charge in [0.2, 0.25) is 17.3 Å². The molecule has 0 amide bonds. The van der Waals surface area contributed by atoms with Crippen LogP contribution in [0.3, 0.4) is 0 Å². The van der Waals surface area contributed by atoms with Crippen molar-refractivity contribution in [3.05, 3.63) is 23.2 Å². The molecule has 1 atom stereocenters. The first kappa shape index (κ1) is 12.4. The zero-order valence-electron chi connectivity index (χ0n) is 10.3. The number of carbonyl (C=O) groups is 4. The Labute approximate surface area is 103 Å². The van der Waals surface area contributed by atoms with E-state index in [4.69, 9.17) is 4.42 Å². The second kappa shape index (κ2) is 3.73. The first-order valence-electron chi connectivity index (χ1n) is 5.50. The van der Waals surface area contributed by atoms with Crippen LogP contribution in [0.25, 0.3) is 0 Å². The lowest BCUT2D eigenvalue weighted by molar-refractivity contribution is -0.127. The minimum atomic E-state index is -1.62. The molecule has 2 rings (SSSR count). The molecule has 0 aliphatic heterocycles. The van der Waals surface area contributed by atoms with Crippen LogP contribution in [0.5, 0.6) is 0 Å². The first-order valence-corrected chi connectivity index (χ1v) is 5.50. The first-order chi connectivity index (χ1) is 8.29. The third-order valence-corrected chi connectivity index (χ3v) is 3.22. The van der Waals surface area contributed by atoms with Gasteiger partial charge in [0.25, 0.3) is 0 Å². The predicted molar refractivity (Wildman–Crippen MR) is 60.5 cm³/mol. The minimum absolute atomic E-state index is 0.0334. The third-order valence-electron chi connectivity index (χ3n) is 3.22. The number of carbonyl (C=O) groups excluding carboxylic acids is 4. The van der Waals surface area contributed by atoms with Crippen molar-refractivity contribution in [1.82, 2.24) is 0 Å². The van der Waals surface area contributed by atoms with Gasteiger partial charge in [0.1, 0.15) is 11.2 Å². The molecule has 5 heteroatoms. The summed E-state index contributed by atoms with van der Waals surface area (Å²) in [5, 5.41) is 0. The van der Waals surface area contributed by atoms with Crippen LogP contribution in [0, 0.1) is 12.3 Å². The number of rotatable bonds is 2. The topological polar surface area (TPSA) is 81.4 Å². The van der Waals surface area contributed by atoms with E-state index in [0.717, 1.165) is 0 Å². The Morgan fingerprint density at radius 2 is 1.89 bits per heavy atom. The lowest BCUT2D eigenvalue weighted by Crippen LogP contribution is -2.46. The summed E-state index contributed by atoms with van der Waals surface area (Å²) in [4.78, 5) is 47.4. The van der Waals surface area contributed by atoms with Gasteiger partial charge >= 0.3 is 0 Å².